The second kappa shape index (κ2) is 13.4. The highest BCUT2D eigenvalue weighted by Crippen LogP contribution is 2.41. The average molecular weight is 557 g/mol. The van der Waals surface area contributed by atoms with Gasteiger partial charge in [0.05, 0.1) is 20.1 Å². The number of para-hydroxylation sites is 1. The maximum absolute atomic E-state index is 13.3. The Balaban J connectivity index is 1.12. The van der Waals surface area contributed by atoms with Gasteiger partial charge in [-0.25, -0.2) is 0 Å². The molecule has 3 aromatic carbocycles. The van der Waals surface area contributed by atoms with E-state index >= 15 is 0 Å². The van der Waals surface area contributed by atoms with Gasteiger partial charge in [-0.15, -0.1) is 0 Å². The first-order valence-corrected chi connectivity index (χ1v) is 15.0. The molecule has 2 aliphatic rings. The Morgan fingerprint density at radius 3 is 2.32 bits per heavy atom. The summed E-state index contributed by atoms with van der Waals surface area (Å²) in [6.45, 7) is 10.3. The van der Waals surface area contributed by atoms with Crippen LogP contribution in [0.2, 0.25) is 0 Å². The van der Waals surface area contributed by atoms with Crippen LogP contribution in [0.15, 0.2) is 72.8 Å². The van der Waals surface area contributed by atoms with Crippen molar-refractivity contribution in [1.29, 1.82) is 0 Å². The molecule has 218 valence electrons. The molecule has 6 nitrogen and oxygen atoms in total. The Labute approximate surface area is 245 Å². The summed E-state index contributed by atoms with van der Waals surface area (Å²) < 4.78 is 17.7. The minimum atomic E-state index is 0.195. The van der Waals surface area contributed by atoms with E-state index in [1.54, 1.807) is 7.11 Å². The lowest BCUT2D eigenvalue weighted by Crippen LogP contribution is -2.42. The van der Waals surface area contributed by atoms with Crippen molar-refractivity contribution in [3.05, 3.63) is 89.5 Å². The molecule has 0 aliphatic carbocycles. The maximum Gasteiger partial charge on any atom is 0.227 e. The van der Waals surface area contributed by atoms with E-state index in [1.165, 1.54) is 5.56 Å². The number of likely N-dealkylation sites (tertiary alicyclic amines) is 2. The van der Waals surface area contributed by atoms with Crippen LogP contribution in [0.5, 0.6) is 17.2 Å². The monoisotopic (exact) mass is 556 g/mol. The van der Waals surface area contributed by atoms with Gasteiger partial charge in [0.15, 0.2) is 11.5 Å². The Morgan fingerprint density at radius 1 is 0.829 bits per heavy atom. The van der Waals surface area contributed by atoms with Gasteiger partial charge in [-0.2, -0.15) is 0 Å². The van der Waals surface area contributed by atoms with Crippen LogP contribution in [0.1, 0.15) is 49.8 Å². The van der Waals surface area contributed by atoms with Gasteiger partial charge < -0.3 is 19.1 Å². The lowest BCUT2D eigenvalue weighted by Gasteiger charge is -2.39. The quantitative estimate of drug-likeness (QED) is 0.275. The van der Waals surface area contributed by atoms with Gasteiger partial charge in [0.25, 0.3) is 0 Å². The van der Waals surface area contributed by atoms with E-state index in [9.17, 15) is 4.79 Å². The van der Waals surface area contributed by atoms with Crippen LogP contribution in [0.3, 0.4) is 0 Å². The topological polar surface area (TPSA) is 51.2 Å². The number of ether oxygens (including phenoxy) is 3. The number of hydrogen-bond donors (Lipinski definition) is 0. The van der Waals surface area contributed by atoms with Gasteiger partial charge in [0.1, 0.15) is 12.4 Å². The Kier molecular flexibility index (Phi) is 9.50. The minimum Gasteiger partial charge on any atom is -0.493 e. The van der Waals surface area contributed by atoms with E-state index < -0.39 is 0 Å². The number of piperidine rings is 1. The number of methoxy groups -OCH3 is 1. The highest BCUT2D eigenvalue weighted by atomic mass is 16.5. The van der Waals surface area contributed by atoms with Crippen molar-refractivity contribution in [3.8, 4) is 17.2 Å². The van der Waals surface area contributed by atoms with Crippen LogP contribution >= 0.6 is 0 Å². The molecule has 2 saturated heterocycles. The van der Waals surface area contributed by atoms with Crippen LogP contribution < -0.4 is 14.2 Å². The molecule has 0 radical (unpaired) electrons. The fourth-order valence-corrected chi connectivity index (χ4v) is 5.98. The van der Waals surface area contributed by atoms with E-state index in [-0.39, 0.29) is 11.3 Å². The molecule has 0 bridgehead atoms. The third-order valence-corrected chi connectivity index (χ3v) is 8.47. The molecule has 5 rings (SSSR count). The Morgan fingerprint density at radius 2 is 1.56 bits per heavy atom. The molecular weight excluding hydrogens is 512 g/mol. The highest BCUT2D eigenvalue weighted by molar-refractivity contribution is 5.79. The number of amides is 1. The predicted molar refractivity (Wildman–Crippen MR) is 162 cm³/mol. The molecule has 0 saturated carbocycles. The second-order valence-electron chi connectivity index (χ2n) is 12.1. The number of rotatable bonds is 11. The maximum atomic E-state index is 13.3. The predicted octanol–water partition coefficient (Wildman–Crippen LogP) is 6.37. The van der Waals surface area contributed by atoms with Gasteiger partial charge in [0.2, 0.25) is 5.91 Å². The highest BCUT2D eigenvalue weighted by Gasteiger charge is 2.42. The molecule has 2 aliphatic heterocycles. The lowest BCUT2D eigenvalue weighted by atomic mass is 9.77. The SMILES string of the molecule is COc1cc(CC(=O)N2CCC3(CCN(Cc4ccccc4OCC(C)C)CC3)C2)ccc1OCc1ccccc1. The molecule has 0 N–H and O–H groups in total. The number of hydrogen-bond acceptors (Lipinski definition) is 5. The van der Waals surface area contributed by atoms with Gasteiger partial charge >= 0.3 is 0 Å². The minimum absolute atomic E-state index is 0.195. The first kappa shape index (κ1) is 29.0. The number of benzene rings is 3. The lowest BCUT2D eigenvalue weighted by molar-refractivity contribution is -0.130. The van der Waals surface area contributed by atoms with E-state index in [1.807, 2.05) is 48.5 Å². The summed E-state index contributed by atoms with van der Waals surface area (Å²) in [5.41, 5.74) is 3.56. The molecule has 41 heavy (non-hydrogen) atoms. The van der Waals surface area contributed by atoms with Crippen molar-refractivity contribution in [2.75, 3.05) is 39.9 Å². The van der Waals surface area contributed by atoms with Gasteiger partial charge in [-0.1, -0.05) is 68.4 Å². The van der Waals surface area contributed by atoms with E-state index in [2.05, 4.69) is 47.9 Å². The summed E-state index contributed by atoms with van der Waals surface area (Å²) in [6, 6.07) is 24.3. The van der Waals surface area contributed by atoms with Crippen molar-refractivity contribution in [3.63, 3.8) is 0 Å². The first-order chi connectivity index (χ1) is 19.9. The van der Waals surface area contributed by atoms with E-state index in [4.69, 9.17) is 14.2 Å². The van der Waals surface area contributed by atoms with Crippen molar-refractivity contribution < 1.29 is 19.0 Å². The van der Waals surface area contributed by atoms with Gasteiger partial charge in [-0.05, 0) is 73.0 Å². The molecule has 2 fully saturated rings. The molecule has 2 heterocycles. The van der Waals surface area contributed by atoms with Crippen molar-refractivity contribution in [2.45, 2.75) is 52.7 Å². The van der Waals surface area contributed by atoms with Crippen molar-refractivity contribution >= 4 is 5.91 Å². The molecular formula is C35H44N2O4. The molecule has 1 amide bonds. The number of nitrogens with zero attached hydrogens (tertiary/aromatic N) is 2. The van der Waals surface area contributed by atoms with Crippen molar-refractivity contribution in [1.82, 2.24) is 9.80 Å². The Hall–Kier alpha value is -3.51. The van der Waals surface area contributed by atoms with Gasteiger partial charge in [-0.3, -0.25) is 9.69 Å². The summed E-state index contributed by atoms with van der Waals surface area (Å²) in [7, 11) is 1.64. The fourth-order valence-electron chi connectivity index (χ4n) is 5.98. The van der Waals surface area contributed by atoms with Crippen LogP contribution in [-0.4, -0.2) is 55.6 Å². The number of carbonyl (C=O) groups is 1. The number of carbonyl (C=O) groups excluding carboxylic acids is 1. The zero-order valence-electron chi connectivity index (χ0n) is 24.8. The van der Waals surface area contributed by atoms with Gasteiger partial charge in [0, 0.05) is 25.2 Å². The van der Waals surface area contributed by atoms with Crippen LogP contribution in [0.4, 0.5) is 0 Å². The summed E-state index contributed by atoms with van der Waals surface area (Å²) in [5, 5.41) is 0. The molecule has 0 aromatic heterocycles. The van der Waals surface area contributed by atoms with Crippen molar-refractivity contribution in [2.24, 2.45) is 11.3 Å². The van der Waals surface area contributed by atoms with E-state index in [0.717, 1.165) is 75.5 Å². The average Bonchev–Trinajstić information content (AvgIpc) is 3.41. The zero-order valence-corrected chi connectivity index (χ0v) is 24.8. The third kappa shape index (κ3) is 7.62. The largest absolute Gasteiger partial charge is 0.493 e. The van der Waals surface area contributed by atoms with Crippen LogP contribution in [0.25, 0.3) is 0 Å². The standard InChI is InChI=1S/C35H44N2O4/c1-27(2)24-40-31-12-8-7-11-30(31)23-36-18-15-35(16-19-36)17-20-37(26-35)34(38)22-29-13-14-32(33(21-29)39-3)41-25-28-9-5-4-6-10-28/h4-14,21,27H,15-20,22-26H2,1-3H3. The molecule has 0 atom stereocenters. The molecule has 3 aromatic rings. The summed E-state index contributed by atoms with van der Waals surface area (Å²) in [6.07, 6.45) is 3.74. The van der Waals surface area contributed by atoms with Crippen LogP contribution in [-0.2, 0) is 24.4 Å². The summed E-state index contributed by atoms with van der Waals surface area (Å²) >= 11 is 0. The molecule has 1 spiro atoms. The zero-order chi connectivity index (χ0) is 28.7. The first-order valence-electron chi connectivity index (χ1n) is 15.0. The normalized spacial score (nSPS) is 16.7. The summed E-state index contributed by atoms with van der Waals surface area (Å²) in [4.78, 5) is 17.9. The summed E-state index contributed by atoms with van der Waals surface area (Å²) in [5.74, 6) is 3.06. The second-order valence-corrected chi connectivity index (χ2v) is 12.1. The smallest absolute Gasteiger partial charge is 0.227 e. The molecule has 6 heteroatoms. The third-order valence-electron chi connectivity index (χ3n) is 8.47. The Bertz CT molecular complexity index is 1280. The fraction of sp³-hybridized carbons (Fsp3) is 0.457. The van der Waals surface area contributed by atoms with E-state index in [0.29, 0.717) is 30.4 Å². The van der Waals surface area contributed by atoms with Crippen LogP contribution in [0, 0.1) is 11.3 Å². The molecule has 0 unspecified atom stereocenters.